The van der Waals surface area contributed by atoms with E-state index in [1.807, 2.05) is 6.92 Å². The SMILES string of the molecule is Cc1nc2sc([C@H](c3ccc(Br)cc3)N3CCCCC3)c(O)n2n1. The first-order valence-electron chi connectivity index (χ1n) is 8.18. The van der Waals surface area contributed by atoms with Crippen LogP contribution in [0.25, 0.3) is 4.96 Å². The van der Waals surface area contributed by atoms with Crippen molar-refractivity contribution in [1.82, 2.24) is 19.5 Å². The summed E-state index contributed by atoms with van der Waals surface area (Å²) in [7, 11) is 0. The number of hydrogen-bond donors (Lipinski definition) is 1. The molecule has 0 bridgehead atoms. The fourth-order valence-electron chi connectivity index (χ4n) is 3.38. The molecule has 7 heteroatoms. The number of likely N-dealkylation sites (tertiary alicyclic amines) is 1. The summed E-state index contributed by atoms with van der Waals surface area (Å²) in [6, 6.07) is 8.43. The van der Waals surface area contributed by atoms with E-state index in [1.165, 1.54) is 36.2 Å². The van der Waals surface area contributed by atoms with Crippen molar-refractivity contribution in [3.05, 3.63) is 45.0 Å². The van der Waals surface area contributed by atoms with Crippen molar-refractivity contribution >= 4 is 32.2 Å². The number of hydrogen-bond acceptors (Lipinski definition) is 5. The Hall–Kier alpha value is -1.44. The lowest BCUT2D eigenvalue weighted by Gasteiger charge is -2.34. The third kappa shape index (κ3) is 2.85. The Labute approximate surface area is 153 Å². The summed E-state index contributed by atoms with van der Waals surface area (Å²) in [6.45, 7) is 3.94. The van der Waals surface area contributed by atoms with E-state index >= 15 is 0 Å². The molecule has 1 atom stereocenters. The molecule has 1 aliphatic rings. The number of piperidine rings is 1. The zero-order valence-electron chi connectivity index (χ0n) is 13.4. The Morgan fingerprint density at radius 3 is 2.54 bits per heavy atom. The van der Waals surface area contributed by atoms with Crippen LogP contribution in [0.3, 0.4) is 0 Å². The van der Waals surface area contributed by atoms with Crippen molar-refractivity contribution in [2.75, 3.05) is 13.1 Å². The second kappa shape index (κ2) is 6.46. The molecule has 126 valence electrons. The van der Waals surface area contributed by atoms with Gasteiger partial charge in [0.1, 0.15) is 5.82 Å². The van der Waals surface area contributed by atoms with E-state index in [2.05, 4.69) is 55.2 Å². The summed E-state index contributed by atoms with van der Waals surface area (Å²) in [5, 5.41) is 15.1. The van der Waals surface area contributed by atoms with Crippen LogP contribution < -0.4 is 0 Å². The van der Waals surface area contributed by atoms with Gasteiger partial charge in [-0.3, -0.25) is 4.90 Å². The normalized spacial score (nSPS) is 17.4. The van der Waals surface area contributed by atoms with Gasteiger partial charge in [-0.1, -0.05) is 45.8 Å². The van der Waals surface area contributed by atoms with Gasteiger partial charge in [0.15, 0.2) is 0 Å². The summed E-state index contributed by atoms with van der Waals surface area (Å²) >= 11 is 5.04. The van der Waals surface area contributed by atoms with Gasteiger partial charge >= 0.3 is 0 Å². The average Bonchev–Trinajstić information content (AvgIpc) is 3.09. The Morgan fingerprint density at radius 1 is 1.17 bits per heavy atom. The Bertz CT molecular complexity index is 851. The Kier molecular flexibility index (Phi) is 4.32. The summed E-state index contributed by atoms with van der Waals surface area (Å²) in [5.74, 6) is 0.898. The topological polar surface area (TPSA) is 53.7 Å². The molecule has 1 fully saturated rings. The first-order chi connectivity index (χ1) is 11.6. The van der Waals surface area contributed by atoms with Crippen molar-refractivity contribution in [3.63, 3.8) is 0 Å². The first-order valence-corrected chi connectivity index (χ1v) is 9.79. The molecule has 0 saturated carbocycles. The summed E-state index contributed by atoms with van der Waals surface area (Å²) in [5.41, 5.74) is 1.19. The van der Waals surface area contributed by atoms with Crippen LogP contribution in [0.15, 0.2) is 28.7 Å². The van der Waals surface area contributed by atoms with E-state index in [0.717, 1.165) is 27.4 Å². The maximum Gasteiger partial charge on any atom is 0.230 e. The molecule has 5 nitrogen and oxygen atoms in total. The number of aromatic hydroxyl groups is 1. The van der Waals surface area contributed by atoms with Crippen molar-refractivity contribution < 1.29 is 5.11 Å². The van der Waals surface area contributed by atoms with Gasteiger partial charge in [-0.2, -0.15) is 4.52 Å². The van der Waals surface area contributed by atoms with Crippen molar-refractivity contribution in [3.8, 4) is 5.88 Å². The van der Waals surface area contributed by atoms with E-state index in [9.17, 15) is 5.11 Å². The van der Waals surface area contributed by atoms with Gasteiger partial charge in [0.2, 0.25) is 10.8 Å². The van der Waals surface area contributed by atoms with Crippen LogP contribution in [0.5, 0.6) is 5.88 Å². The van der Waals surface area contributed by atoms with Crippen LogP contribution >= 0.6 is 27.3 Å². The van der Waals surface area contributed by atoms with Gasteiger partial charge in [0.05, 0.1) is 10.9 Å². The van der Waals surface area contributed by atoms with Crippen LogP contribution in [0.4, 0.5) is 0 Å². The van der Waals surface area contributed by atoms with E-state index in [-0.39, 0.29) is 11.9 Å². The molecule has 0 aliphatic carbocycles. The van der Waals surface area contributed by atoms with E-state index < -0.39 is 0 Å². The van der Waals surface area contributed by atoms with E-state index in [1.54, 1.807) is 4.52 Å². The quantitative estimate of drug-likeness (QED) is 0.709. The van der Waals surface area contributed by atoms with Gasteiger partial charge in [-0.05, 0) is 50.6 Å². The number of halogens is 1. The molecule has 3 heterocycles. The fraction of sp³-hybridized carbons (Fsp3) is 0.412. The van der Waals surface area contributed by atoms with Crippen LogP contribution in [-0.4, -0.2) is 37.7 Å². The zero-order valence-corrected chi connectivity index (χ0v) is 15.8. The largest absolute Gasteiger partial charge is 0.492 e. The number of benzene rings is 1. The minimum absolute atomic E-state index is 0.0483. The second-order valence-corrected chi connectivity index (χ2v) is 8.12. The lowest BCUT2D eigenvalue weighted by atomic mass is 10.0. The highest BCUT2D eigenvalue weighted by molar-refractivity contribution is 9.10. The van der Waals surface area contributed by atoms with E-state index in [4.69, 9.17) is 0 Å². The highest BCUT2D eigenvalue weighted by Crippen LogP contribution is 2.41. The van der Waals surface area contributed by atoms with Crippen molar-refractivity contribution in [1.29, 1.82) is 0 Å². The monoisotopic (exact) mass is 406 g/mol. The molecule has 4 rings (SSSR count). The number of thiazole rings is 1. The van der Waals surface area contributed by atoms with Crippen molar-refractivity contribution in [2.24, 2.45) is 0 Å². The number of nitrogens with zero attached hydrogens (tertiary/aromatic N) is 4. The predicted octanol–water partition coefficient (Wildman–Crippen LogP) is 4.14. The maximum absolute atomic E-state index is 10.8. The smallest absolute Gasteiger partial charge is 0.230 e. The van der Waals surface area contributed by atoms with Crippen LogP contribution in [0.1, 0.15) is 41.6 Å². The third-order valence-electron chi connectivity index (χ3n) is 4.50. The highest BCUT2D eigenvalue weighted by atomic mass is 79.9. The summed E-state index contributed by atoms with van der Waals surface area (Å²) < 4.78 is 2.62. The highest BCUT2D eigenvalue weighted by Gasteiger charge is 2.30. The molecule has 1 aliphatic heterocycles. The molecule has 2 aromatic heterocycles. The summed E-state index contributed by atoms with van der Waals surface area (Å²) in [6.07, 6.45) is 3.69. The predicted molar refractivity (Wildman–Crippen MR) is 98.7 cm³/mol. The average molecular weight is 407 g/mol. The minimum Gasteiger partial charge on any atom is -0.492 e. The maximum atomic E-state index is 10.8. The first kappa shape index (κ1) is 16.1. The number of aromatic nitrogens is 3. The molecule has 1 N–H and O–H groups in total. The zero-order chi connectivity index (χ0) is 16.7. The minimum atomic E-state index is 0.0483. The number of aryl methyl sites for hydroxylation is 1. The fourth-order valence-corrected chi connectivity index (χ4v) is 4.80. The van der Waals surface area contributed by atoms with E-state index in [0.29, 0.717) is 5.82 Å². The van der Waals surface area contributed by atoms with Gasteiger partial charge < -0.3 is 5.11 Å². The lowest BCUT2D eigenvalue weighted by molar-refractivity contribution is 0.186. The van der Waals surface area contributed by atoms with Gasteiger partial charge in [0, 0.05) is 4.47 Å². The number of fused-ring (bicyclic) bond motifs is 1. The summed E-state index contributed by atoms with van der Waals surface area (Å²) in [4.78, 5) is 8.55. The van der Waals surface area contributed by atoms with Crippen molar-refractivity contribution in [2.45, 2.75) is 32.2 Å². The third-order valence-corrected chi connectivity index (χ3v) is 6.10. The molecule has 0 unspecified atom stereocenters. The molecule has 1 saturated heterocycles. The molecule has 0 amide bonds. The lowest BCUT2D eigenvalue weighted by Crippen LogP contribution is -2.34. The Balaban J connectivity index is 1.82. The molecule has 24 heavy (non-hydrogen) atoms. The van der Waals surface area contributed by atoms with Crippen LogP contribution in [-0.2, 0) is 0 Å². The number of rotatable bonds is 3. The van der Waals surface area contributed by atoms with Gasteiger partial charge in [-0.15, -0.1) is 5.10 Å². The molecular weight excluding hydrogens is 388 g/mol. The standard InChI is InChI=1S/C17H19BrN4OS/c1-11-19-17-22(20-11)16(23)15(24-17)14(21-9-3-2-4-10-21)12-5-7-13(18)8-6-12/h5-8,14,23H,2-4,9-10H2,1H3/t14-/m0/s1. The molecule has 1 aromatic carbocycles. The molecular formula is C17H19BrN4OS. The van der Waals surface area contributed by atoms with Crippen LogP contribution in [0.2, 0.25) is 0 Å². The van der Waals surface area contributed by atoms with Gasteiger partial charge in [-0.25, -0.2) is 4.98 Å². The molecule has 0 spiro atoms. The second-order valence-electron chi connectivity index (χ2n) is 6.19. The Morgan fingerprint density at radius 2 is 1.88 bits per heavy atom. The molecule has 0 radical (unpaired) electrons. The van der Waals surface area contributed by atoms with Gasteiger partial charge in [0.25, 0.3) is 0 Å². The van der Waals surface area contributed by atoms with Crippen LogP contribution in [0, 0.1) is 6.92 Å². The molecule has 3 aromatic rings.